The van der Waals surface area contributed by atoms with Crippen molar-refractivity contribution in [2.75, 3.05) is 27.2 Å². The van der Waals surface area contributed by atoms with Gasteiger partial charge in [-0.1, -0.05) is 6.42 Å². The topological polar surface area (TPSA) is 50.4 Å². The molecule has 0 aliphatic heterocycles. The normalized spacial score (nSPS) is 26.4. The van der Waals surface area contributed by atoms with Crippen molar-refractivity contribution in [3.63, 3.8) is 0 Å². The monoisotopic (exact) mass is 200 g/mol. The first-order valence-corrected chi connectivity index (χ1v) is 5.22. The molecule has 2 N–H and O–H groups in total. The average Bonchev–Trinajstić information content (AvgIpc) is 2.62. The number of rotatable bonds is 5. The van der Waals surface area contributed by atoms with Gasteiger partial charge in [-0.15, -0.1) is 0 Å². The SMILES string of the molecule is CNCC(=O)NCC1CCCC1OC. The molecule has 0 aromatic carbocycles. The Balaban J connectivity index is 2.20. The van der Waals surface area contributed by atoms with Gasteiger partial charge in [0, 0.05) is 19.6 Å². The Bertz CT molecular complexity index is 185. The van der Waals surface area contributed by atoms with Crippen LogP contribution in [0.1, 0.15) is 19.3 Å². The van der Waals surface area contributed by atoms with Crippen LogP contribution in [0.15, 0.2) is 0 Å². The molecule has 0 radical (unpaired) electrons. The summed E-state index contributed by atoms with van der Waals surface area (Å²) in [5, 5.41) is 5.73. The largest absolute Gasteiger partial charge is 0.381 e. The molecule has 0 bridgehead atoms. The second-order valence-corrected chi connectivity index (χ2v) is 3.80. The van der Waals surface area contributed by atoms with Crippen molar-refractivity contribution >= 4 is 5.91 Å². The average molecular weight is 200 g/mol. The summed E-state index contributed by atoms with van der Waals surface area (Å²) in [6, 6.07) is 0. The summed E-state index contributed by atoms with van der Waals surface area (Å²) in [4.78, 5) is 11.2. The lowest BCUT2D eigenvalue weighted by Gasteiger charge is -2.18. The maximum absolute atomic E-state index is 11.2. The third-order valence-corrected chi connectivity index (χ3v) is 2.79. The van der Waals surface area contributed by atoms with E-state index in [-0.39, 0.29) is 5.91 Å². The molecule has 0 saturated heterocycles. The molecule has 1 aliphatic carbocycles. The predicted molar refractivity (Wildman–Crippen MR) is 55.1 cm³/mol. The number of hydrogen-bond donors (Lipinski definition) is 2. The van der Waals surface area contributed by atoms with Crippen LogP contribution in [0.25, 0.3) is 0 Å². The maximum atomic E-state index is 11.2. The van der Waals surface area contributed by atoms with Crippen molar-refractivity contribution in [3.05, 3.63) is 0 Å². The molecular weight excluding hydrogens is 180 g/mol. The molecule has 14 heavy (non-hydrogen) atoms. The van der Waals surface area contributed by atoms with Crippen LogP contribution < -0.4 is 10.6 Å². The van der Waals surface area contributed by atoms with E-state index in [9.17, 15) is 4.79 Å². The molecule has 2 atom stereocenters. The molecule has 1 aliphatic rings. The van der Waals surface area contributed by atoms with Crippen molar-refractivity contribution in [2.45, 2.75) is 25.4 Å². The first-order chi connectivity index (χ1) is 6.77. The highest BCUT2D eigenvalue weighted by Gasteiger charge is 2.26. The summed E-state index contributed by atoms with van der Waals surface area (Å²) in [6.07, 6.45) is 3.84. The zero-order chi connectivity index (χ0) is 10.4. The van der Waals surface area contributed by atoms with Crippen LogP contribution in [-0.2, 0) is 9.53 Å². The van der Waals surface area contributed by atoms with Gasteiger partial charge >= 0.3 is 0 Å². The van der Waals surface area contributed by atoms with Gasteiger partial charge in [-0.25, -0.2) is 0 Å². The number of carbonyl (C=O) groups excluding carboxylic acids is 1. The molecule has 82 valence electrons. The number of methoxy groups -OCH3 is 1. The van der Waals surface area contributed by atoms with E-state index < -0.39 is 0 Å². The third kappa shape index (κ3) is 3.27. The highest BCUT2D eigenvalue weighted by atomic mass is 16.5. The van der Waals surface area contributed by atoms with E-state index in [1.54, 1.807) is 14.2 Å². The fourth-order valence-electron chi connectivity index (χ4n) is 2.01. The van der Waals surface area contributed by atoms with Crippen LogP contribution in [0.3, 0.4) is 0 Å². The zero-order valence-corrected chi connectivity index (χ0v) is 9.01. The number of hydrogen-bond acceptors (Lipinski definition) is 3. The Labute approximate surface area is 85.4 Å². The Morgan fingerprint density at radius 2 is 2.29 bits per heavy atom. The van der Waals surface area contributed by atoms with Crippen LogP contribution in [0.4, 0.5) is 0 Å². The minimum Gasteiger partial charge on any atom is -0.381 e. The lowest BCUT2D eigenvalue weighted by Crippen LogP contribution is -2.37. The van der Waals surface area contributed by atoms with Gasteiger partial charge in [-0.2, -0.15) is 0 Å². The van der Waals surface area contributed by atoms with Gasteiger partial charge in [-0.05, 0) is 19.9 Å². The maximum Gasteiger partial charge on any atom is 0.233 e. The third-order valence-electron chi connectivity index (χ3n) is 2.79. The van der Waals surface area contributed by atoms with E-state index >= 15 is 0 Å². The van der Waals surface area contributed by atoms with E-state index in [1.807, 2.05) is 0 Å². The summed E-state index contributed by atoms with van der Waals surface area (Å²) in [6.45, 7) is 1.14. The van der Waals surface area contributed by atoms with Crippen LogP contribution >= 0.6 is 0 Å². The van der Waals surface area contributed by atoms with Crippen molar-refractivity contribution in [1.82, 2.24) is 10.6 Å². The van der Waals surface area contributed by atoms with Crippen molar-refractivity contribution in [3.8, 4) is 0 Å². The quantitative estimate of drug-likeness (QED) is 0.663. The lowest BCUT2D eigenvalue weighted by molar-refractivity contribution is -0.120. The van der Waals surface area contributed by atoms with Gasteiger partial charge in [-0.3, -0.25) is 4.79 Å². The molecule has 1 rings (SSSR count). The minimum atomic E-state index is 0.0641. The number of amides is 1. The molecule has 4 heteroatoms. The fourth-order valence-corrected chi connectivity index (χ4v) is 2.01. The minimum absolute atomic E-state index is 0.0641. The van der Waals surface area contributed by atoms with E-state index in [4.69, 9.17) is 4.74 Å². The molecule has 0 aromatic rings. The van der Waals surface area contributed by atoms with Crippen LogP contribution in [0, 0.1) is 5.92 Å². The molecule has 1 fully saturated rings. The van der Waals surface area contributed by atoms with Crippen molar-refractivity contribution in [1.29, 1.82) is 0 Å². The van der Waals surface area contributed by atoms with Crippen LogP contribution in [0.5, 0.6) is 0 Å². The standard InChI is InChI=1S/C10H20N2O2/c1-11-7-10(13)12-6-8-4-3-5-9(8)14-2/h8-9,11H,3-7H2,1-2H3,(H,12,13). The molecule has 0 aromatic heterocycles. The highest BCUT2D eigenvalue weighted by molar-refractivity contribution is 5.77. The number of likely N-dealkylation sites (N-methyl/N-ethyl adjacent to an activating group) is 1. The van der Waals surface area contributed by atoms with Gasteiger partial charge < -0.3 is 15.4 Å². The molecule has 0 spiro atoms. The summed E-state index contributed by atoms with van der Waals surface area (Å²) in [5.41, 5.74) is 0. The molecule has 1 saturated carbocycles. The predicted octanol–water partition coefficient (Wildman–Crippen LogP) is 0.137. The first kappa shape index (κ1) is 11.5. The molecule has 0 heterocycles. The highest BCUT2D eigenvalue weighted by Crippen LogP contribution is 2.26. The summed E-state index contributed by atoms with van der Waals surface area (Å²) in [7, 11) is 3.52. The van der Waals surface area contributed by atoms with Gasteiger partial charge in [0.2, 0.25) is 5.91 Å². The van der Waals surface area contributed by atoms with Crippen molar-refractivity contribution < 1.29 is 9.53 Å². The van der Waals surface area contributed by atoms with Gasteiger partial charge in [0.05, 0.1) is 12.6 Å². The number of nitrogens with one attached hydrogen (secondary N) is 2. The Morgan fingerprint density at radius 3 is 2.93 bits per heavy atom. The zero-order valence-electron chi connectivity index (χ0n) is 9.01. The second kappa shape index (κ2) is 5.98. The molecule has 1 amide bonds. The van der Waals surface area contributed by atoms with Crippen LogP contribution in [0.2, 0.25) is 0 Å². The summed E-state index contributed by atoms with van der Waals surface area (Å²) < 4.78 is 5.35. The Morgan fingerprint density at radius 1 is 1.50 bits per heavy atom. The van der Waals surface area contributed by atoms with Crippen molar-refractivity contribution in [2.24, 2.45) is 5.92 Å². The van der Waals surface area contributed by atoms with E-state index in [1.165, 1.54) is 12.8 Å². The van der Waals surface area contributed by atoms with Crippen LogP contribution in [-0.4, -0.2) is 39.3 Å². The van der Waals surface area contributed by atoms with Gasteiger partial charge in [0.15, 0.2) is 0 Å². The van der Waals surface area contributed by atoms with E-state index in [0.717, 1.165) is 13.0 Å². The molecule has 4 nitrogen and oxygen atoms in total. The number of carbonyl (C=O) groups is 1. The van der Waals surface area contributed by atoms with Gasteiger partial charge in [0.25, 0.3) is 0 Å². The molecular formula is C10H20N2O2. The first-order valence-electron chi connectivity index (χ1n) is 5.22. The van der Waals surface area contributed by atoms with Gasteiger partial charge in [0.1, 0.15) is 0 Å². The summed E-state index contributed by atoms with van der Waals surface area (Å²) >= 11 is 0. The smallest absolute Gasteiger partial charge is 0.233 e. The summed E-state index contributed by atoms with van der Waals surface area (Å²) in [5.74, 6) is 0.565. The Kier molecular flexibility index (Phi) is 4.90. The Hall–Kier alpha value is -0.610. The fraction of sp³-hybridized carbons (Fsp3) is 0.900. The number of ether oxygens (including phenoxy) is 1. The van der Waals surface area contributed by atoms with E-state index in [2.05, 4.69) is 10.6 Å². The lowest BCUT2D eigenvalue weighted by atomic mass is 10.1. The molecule has 2 unspecified atom stereocenters. The second-order valence-electron chi connectivity index (χ2n) is 3.80. The van der Waals surface area contributed by atoms with E-state index in [0.29, 0.717) is 18.6 Å².